The molecule has 1 aromatic rings. The van der Waals surface area contributed by atoms with Crippen LogP contribution in [0.15, 0.2) is 18.2 Å². The van der Waals surface area contributed by atoms with Gasteiger partial charge in [-0.3, -0.25) is 4.90 Å². The minimum Gasteiger partial charge on any atom is -0.493 e. The first-order valence-electron chi connectivity index (χ1n) is 6.85. The van der Waals surface area contributed by atoms with Gasteiger partial charge in [0.05, 0.1) is 33.5 Å². The van der Waals surface area contributed by atoms with Crippen molar-refractivity contribution < 1.29 is 19.3 Å². The van der Waals surface area contributed by atoms with Crippen LogP contribution in [-0.2, 0) is 11.3 Å². The largest absolute Gasteiger partial charge is 0.493 e. The van der Waals surface area contributed by atoms with Gasteiger partial charge in [0, 0.05) is 19.1 Å². The molecule has 1 heterocycles. The third-order valence-electron chi connectivity index (χ3n) is 3.67. The third kappa shape index (κ3) is 3.42. The van der Waals surface area contributed by atoms with E-state index in [0.717, 1.165) is 30.2 Å². The Morgan fingerprint density at radius 3 is 2.70 bits per heavy atom. The number of morpholine rings is 1. The van der Waals surface area contributed by atoms with E-state index < -0.39 is 0 Å². The van der Waals surface area contributed by atoms with Gasteiger partial charge in [-0.15, -0.1) is 0 Å². The van der Waals surface area contributed by atoms with E-state index in [9.17, 15) is 5.11 Å². The van der Waals surface area contributed by atoms with E-state index in [0.29, 0.717) is 12.6 Å². The fourth-order valence-corrected chi connectivity index (χ4v) is 2.42. The van der Waals surface area contributed by atoms with Crippen molar-refractivity contribution in [2.24, 2.45) is 0 Å². The van der Waals surface area contributed by atoms with Crippen LogP contribution in [0.5, 0.6) is 11.5 Å². The first-order valence-corrected chi connectivity index (χ1v) is 6.85. The molecule has 20 heavy (non-hydrogen) atoms. The molecule has 0 aliphatic carbocycles. The van der Waals surface area contributed by atoms with Crippen molar-refractivity contribution in [2.45, 2.75) is 25.6 Å². The number of hydrogen-bond donors (Lipinski definition) is 1. The Labute approximate surface area is 120 Å². The predicted octanol–water partition coefficient (Wildman–Crippen LogP) is 1.29. The summed E-state index contributed by atoms with van der Waals surface area (Å²) < 4.78 is 16.1. The molecule has 0 saturated carbocycles. The minimum absolute atomic E-state index is 0.0646. The van der Waals surface area contributed by atoms with Crippen LogP contribution >= 0.6 is 0 Å². The van der Waals surface area contributed by atoms with Crippen LogP contribution in [0, 0.1) is 0 Å². The molecule has 1 saturated heterocycles. The SMILES string of the molecule is COc1ccc(CN2CC(CO)OCC2C)cc1OC. The maximum absolute atomic E-state index is 9.22. The molecule has 2 rings (SSSR count). The molecule has 2 unspecified atom stereocenters. The number of ether oxygens (including phenoxy) is 3. The van der Waals surface area contributed by atoms with Crippen LogP contribution in [0.1, 0.15) is 12.5 Å². The molecule has 0 aromatic heterocycles. The zero-order valence-electron chi connectivity index (χ0n) is 12.3. The number of hydrogen-bond acceptors (Lipinski definition) is 5. The molecule has 5 nitrogen and oxygen atoms in total. The van der Waals surface area contributed by atoms with Crippen LogP contribution in [0.2, 0.25) is 0 Å². The summed E-state index contributed by atoms with van der Waals surface area (Å²) in [6, 6.07) is 6.29. The molecule has 1 fully saturated rings. The number of nitrogens with zero attached hydrogens (tertiary/aromatic N) is 1. The van der Waals surface area contributed by atoms with E-state index in [1.165, 1.54) is 0 Å². The van der Waals surface area contributed by atoms with Crippen molar-refractivity contribution in [3.8, 4) is 11.5 Å². The van der Waals surface area contributed by atoms with Gasteiger partial charge in [0.25, 0.3) is 0 Å². The highest BCUT2D eigenvalue weighted by Gasteiger charge is 2.25. The summed E-state index contributed by atoms with van der Waals surface area (Å²) in [5, 5.41) is 9.22. The van der Waals surface area contributed by atoms with E-state index in [2.05, 4.69) is 11.8 Å². The summed E-state index contributed by atoms with van der Waals surface area (Å²) in [7, 11) is 3.27. The Bertz CT molecular complexity index is 438. The van der Waals surface area contributed by atoms with Crippen LogP contribution in [0.25, 0.3) is 0 Å². The van der Waals surface area contributed by atoms with E-state index in [-0.39, 0.29) is 12.7 Å². The second-order valence-corrected chi connectivity index (χ2v) is 5.11. The zero-order valence-corrected chi connectivity index (χ0v) is 12.3. The van der Waals surface area contributed by atoms with E-state index >= 15 is 0 Å². The Morgan fingerprint density at radius 2 is 2.05 bits per heavy atom. The summed E-state index contributed by atoms with van der Waals surface area (Å²) in [5.74, 6) is 1.48. The highest BCUT2D eigenvalue weighted by atomic mass is 16.5. The first kappa shape index (κ1) is 15.1. The molecular weight excluding hydrogens is 258 g/mol. The number of methoxy groups -OCH3 is 2. The first-order chi connectivity index (χ1) is 9.67. The molecule has 5 heteroatoms. The fraction of sp³-hybridized carbons (Fsp3) is 0.600. The average Bonchev–Trinajstić information content (AvgIpc) is 2.49. The molecule has 1 N–H and O–H groups in total. The average molecular weight is 281 g/mol. The number of aliphatic hydroxyl groups is 1. The Morgan fingerprint density at radius 1 is 1.30 bits per heavy atom. The lowest BCUT2D eigenvalue weighted by Crippen LogP contribution is -2.48. The van der Waals surface area contributed by atoms with Crippen molar-refractivity contribution in [3.63, 3.8) is 0 Å². The summed E-state index contributed by atoms with van der Waals surface area (Å²) in [4.78, 5) is 2.31. The molecule has 1 aliphatic rings. The Balaban J connectivity index is 2.08. The monoisotopic (exact) mass is 281 g/mol. The zero-order chi connectivity index (χ0) is 14.5. The van der Waals surface area contributed by atoms with Gasteiger partial charge >= 0.3 is 0 Å². The van der Waals surface area contributed by atoms with E-state index in [4.69, 9.17) is 14.2 Å². The van der Waals surface area contributed by atoms with Gasteiger partial charge in [-0.25, -0.2) is 0 Å². The van der Waals surface area contributed by atoms with Crippen molar-refractivity contribution in [3.05, 3.63) is 23.8 Å². The van der Waals surface area contributed by atoms with Gasteiger partial charge in [-0.1, -0.05) is 6.07 Å². The number of benzene rings is 1. The van der Waals surface area contributed by atoms with Gasteiger partial charge in [0.15, 0.2) is 11.5 Å². The summed E-state index contributed by atoms with van der Waals surface area (Å²) >= 11 is 0. The summed E-state index contributed by atoms with van der Waals surface area (Å²) in [6.07, 6.45) is -0.0913. The molecule has 0 spiro atoms. The second-order valence-electron chi connectivity index (χ2n) is 5.11. The van der Waals surface area contributed by atoms with Crippen molar-refractivity contribution in [1.82, 2.24) is 4.90 Å². The van der Waals surface area contributed by atoms with Crippen LogP contribution in [-0.4, -0.2) is 56.1 Å². The quantitative estimate of drug-likeness (QED) is 0.881. The molecule has 1 aliphatic heterocycles. The van der Waals surface area contributed by atoms with Crippen LogP contribution in [0.4, 0.5) is 0 Å². The topological polar surface area (TPSA) is 51.2 Å². The second kappa shape index (κ2) is 6.92. The van der Waals surface area contributed by atoms with Gasteiger partial charge in [0.1, 0.15) is 0 Å². The molecule has 0 amide bonds. The lowest BCUT2D eigenvalue weighted by Gasteiger charge is -2.37. The van der Waals surface area contributed by atoms with Gasteiger partial charge in [0.2, 0.25) is 0 Å². The maximum Gasteiger partial charge on any atom is 0.161 e. The van der Waals surface area contributed by atoms with Crippen LogP contribution < -0.4 is 9.47 Å². The molecule has 1 aromatic carbocycles. The third-order valence-corrected chi connectivity index (χ3v) is 3.67. The standard InChI is InChI=1S/C15H23NO4/c1-11-10-20-13(9-17)8-16(11)7-12-4-5-14(18-2)15(6-12)19-3/h4-6,11,13,17H,7-10H2,1-3H3. The van der Waals surface area contributed by atoms with Crippen molar-refractivity contribution in [2.75, 3.05) is 34.0 Å². The van der Waals surface area contributed by atoms with E-state index in [1.807, 2.05) is 18.2 Å². The molecular formula is C15H23NO4. The summed E-state index contributed by atoms with van der Waals surface area (Å²) in [5.41, 5.74) is 1.16. The maximum atomic E-state index is 9.22. The summed E-state index contributed by atoms with van der Waals surface area (Å²) in [6.45, 7) is 4.40. The molecule has 112 valence electrons. The van der Waals surface area contributed by atoms with Crippen molar-refractivity contribution >= 4 is 0 Å². The molecule has 0 bridgehead atoms. The lowest BCUT2D eigenvalue weighted by atomic mass is 10.1. The van der Waals surface area contributed by atoms with Crippen LogP contribution in [0.3, 0.4) is 0 Å². The molecule has 0 radical (unpaired) electrons. The normalized spacial score (nSPS) is 23.6. The smallest absolute Gasteiger partial charge is 0.161 e. The fourth-order valence-electron chi connectivity index (χ4n) is 2.42. The van der Waals surface area contributed by atoms with Gasteiger partial charge < -0.3 is 19.3 Å². The van der Waals surface area contributed by atoms with Gasteiger partial charge in [-0.2, -0.15) is 0 Å². The lowest BCUT2D eigenvalue weighted by molar-refractivity contribution is -0.0805. The minimum atomic E-state index is -0.0913. The Hall–Kier alpha value is -1.30. The van der Waals surface area contributed by atoms with Gasteiger partial charge in [-0.05, 0) is 24.6 Å². The highest BCUT2D eigenvalue weighted by molar-refractivity contribution is 5.42. The number of rotatable bonds is 5. The van der Waals surface area contributed by atoms with Crippen molar-refractivity contribution in [1.29, 1.82) is 0 Å². The highest BCUT2D eigenvalue weighted by Crippen LogP contribution is 2.28. The Kier molecular flexibility index (Phi) is 5.23. The number of aliphatic hydroxyl groups excluding tert-OH is 1. The van der Waals surface area contributed by atoms with E-state index in [1.54, 1.807) is 14.2 Å². The molecule has 2 atom stereocenters. The predicted molar refractivity (Wildman–Crippen MR) is 76.2 cm³/mol.